The highest BCUT2D eigenvalue weighted by Crippen LogP contribution is 2.17. The summed E-state index contributed by atoms with van der Waals surface area (Å²) in [6.45, 7) is 4.01. The fourth-order valence-electron chi connectivity index (χ4n) is 1.95. The summed E-state index contributed by atoms with van der Waals surface area (Å²) >= 11 is 1.62. The molecule has 2 aromatic rings. The third-order valence-corrected chi connectivity index (χ3v) is 4.26. The molecule has 0 fully saturated rings. The van der Waals surface area contributed by atoms with Crippen LogP contribution >= 0.6 is 11.3 Å². The second-order valence-corrected chi connectivity index (χ2v) is 6.21. The van der Waals surface area contributed by atoms with Gasteiger partial charge in [0.25, 0.3) is 0 Å². The lowest BCUT2D eigenvalue weighted by Crippen LogP contribution is -2.36. The van der Waals surface area contributed by atoms with Crippen LogP contribution in [0.4, 0.5) is 5.13 Å². The summed E-state index contributed by atoms with van der Waals surface area (Å²) in [5, 5.41) is 18.4. The van der Waals surface area contributed by atoms with Gasteiger partial charge in [-0.15, -0.1) is 11.3 Å². The Morgan fingerprint density at radius 2 is 2.04 bits per heavy atom. The molecule has 24 heavy (non-hydrogen) atoms. The first kappa shape index (κ1) is 17.8. The molecular formula is C17H22N6S. The number of hydrogen-bond donors (Lipinski definition) is 2. The van der Waals surface area contributed by atoms with E-state index in [1.807, 2.05) is 55.6 Å². The molecule has 0 saturated carbocycles. The van der Waals surface area contributed by atoms with E-state index in [1.54, 1.807) is 11.3 Å². The average Bonchev–Trinajstić information content (AvgIpc) is 3.07. The minimum Gasteiger partial charge on any atom is -0.357 e. The fourth-order valence-corrected chi connectivity index (χ4v) is 2.71. The van der Waals surface area contributed by atoms with Crippen LogP contribution in [0.3, 0.4) is 0 Å². The molecule has 0 amide bonds. The van der Waals surface area contributed by atoms with Crippen molar-refractivity contribution in [1.82, 2.24) is 15.6 Å². The molecule has 0 aliphatic carbocycles. The van der Waals surface area contributed by atoms with Crippen LogP contribution in [0.5, 0.6) is 0 Å². The van der Waals surface area contributed by atoms with Crippen molar-refractivity contribution in [1.29, 1.82) is 5.26 Å². The van der Waals surface area contributed by atoms with Crippen molar-refractivity contribution in [2.45, 2.75) is 20.0 Å². The zero-order chi connectivity index (χ0) is 17.4. The molecular weight excluding hydrogens is 320 g/mol. The second kappa shape index (κ2) is 8.89. The van der Waals surface area contributed by atoms with Gasteiger partial charge >= 0.3 is 0 Å². The van der Waals surface area contributed by atoms with Crippen LogP contribution in [0.15, 0.2) is 34.6 Å². The molecule has 0 aliphatic heterocycles. The first-order chi connectivity index (χ1) is 11.6. The van der Waals surface area contributed by atoms with Crippen LogP contribution in [-0.4, -0.2) is 31.6 Å². The maximum Gasteiger partial charge on any atom is 0.191 e. The van der Waals surface area contributed by atoms with Crippen molar-refractivity contribution in [3.8, 4) is 6.07 Å². The SMILES string of the molecule is CCNC(=NCc1ccc(C#N)cc1)NCc1csc(N(C)C)n1. The molecule has 0 bridgehead atoms. The first-order valence-corrected chi connectivity index (χ1v) is 8.63. The third-order valence-electron chi connectivity index (χ3n) is 3.21. The van der Waals surface area contributed by atoms with Gasteiger partial charge in [-0.1, -0.05) is 12.1 Å². The summed E-state index contributed by atoms with van der Waals surface area (Å²) in [4.78, 5) is 11.1. The zero-order valence-corrected chi connectivity index (χ0v) is 15.0. The highest BCUT2D eigenvalue weighted by Gasteiger charge is 2.04. The smallest absolute Gasteiger partial charge is 0.191 e. The predicted octanol–water partition coefficient (Wildman–Crippen LogP) is 2.34. The molecule has 0 spiro atoms. The van der Waals surface area contributed by atoms with Crippen molar-refractivity contribution in [3.63, 3.8) is 0 Å². The van der Waals surface area contributed by atoms with E-state index in [0.29, 0.717) is 18.7 Å². The highest BCUT2D eigenvalue weighted by molar-refractivity contribution is 7.13. The molecule has 0 aliphatic rings. The van der Waals surface area contributed by atoms with E-state index in [1.165, 1.54) is 0 Å². The van der Waals surface area contributed by atoms with Crippen molar-refractivity contribution < 1.29 is 0 Å². The molecule has 0 saturated heterocycles. The van der Waals surface area contributed by atoms with E-state index in [0.717, 1.165) is 28.9 Å². The Hall–Kier alpha value is -2.59. The third kappa shape index (κ3) is 5.25. The number of anilines is 1. The van der Waals surface area contributed by atoms with Gasteiger partial charge < -0.3 is 15.5 Å². The van der Waals surface area contributed by atoms with E-state index in [2.05, 4.69) is 26.7 Å². The summed E-state index contributed by atoms with van der Waals surface area (Å²) in [7, 11) is 3.97. The monoisotopic (exact) mass is 342 g/mol. The number of thiazole rings is 1. The lowest BCUT2D eigenvalue weighted by molar-refractivity contribution is 0.803. The Kier molecular flexibility index (Phi) is 6.58. The summed E-state index contributed by atoms with van der Waals surface area (Å²) in [5.74, 6) is 0.751. The number of aliphatic imine (C=N–C) groups is 1. The fraction of sp³-hybridized carbons (Fsp3) is 0.353. The lowest BCUT2D eigenvalue weighted by Gasteiger charge is -2.10. The topological polar surface area (TPSA) is 76.3 Å². The molecule has 0 radical (unpaired) electrons. The molecule has 6 nitrogen and oxygen atoms in total. The zero-order valence-electron chi connectivity index (χ0n) is 14.2. The largest absolute Gasteiger partial charge is 0.357 e. The van der Waals surface area contributed by atoms with Gasteiger partial charge in [0.2, 0.25) is 0 Å². The number of hydrogen-bond acceptors (Lipinski definition) is 5. The minimum atomic E-state index is 0.557. The van der Waals surface area contributed by atoms with Crippen LogP contribution in [0.1, 0.15) is 23.7 Å². The molecule has 1 aromatic heterocycles. The molecule has 2 N–H and O–H groups in total. The number of aromatic nitrogens is 1. The number of nitriles is 1. The Balaban J connectivity index is 1.95. The van der Waals surface area contributed by atoms with Crippen molar-refractivity contribution in [3.05, 3.63) is 46.5 Å². The first-order valence-electron chi connectivity index (χ1n) is 7.75. The number of nitrogens with one attached hydrogen (secondary N) is 2. The number of nitrogens with zero attached hydrogens (tertiary/aromatic N) is 4. The van der Waals surface area contributed by atoms with Crippen LogP contribution in [0.2, 0.25) is 0 Å². The number of benzene rings is 1. The molecule has 0 atom stereocenters. The van der Waals surface area contributed by atoms with Crippen molar-refractivity contribution in [2.75, 3.05) is 25.5 Å². The lowest BCUT2D eigenvalue weighted by atomic mass is 10.1. The van der Waals surface area contributed by atoms with Gasteiger partial charge in [-0.05, 0) is 24.6 Å². The van der Waals surface area contributed by atoms with E-state index in [-0.39, 0.29) is 0 Å². The Morgan fingerprint density at radius 3 is 2.62 bits per heavy atom. The molecule has 126 valence electrons. The van der Waals surface area contributed by atoms with E-state index in [4.69, 9.17) is 5.26 Å². The summed E-state index contributed by atoms with van der Waals surface area (Å²) in [6, 6.07) is 9.59. The second-order valence-electron chi connectivity index (χ2n) is 5.37. The standard InChI is InChI=1S/C17H22N6S/c1-4-19-16(20-10-14-7-5-13(9-18)6-8-14)21-11-15-12-24-17(22-15)23(2)3/h5-8,12H,4,10-11H2,1-3H3,(H2,19,20,21). The molecule has 1 heterocycles. The molecule has 0 unspecified atom stereocenters. The van der Waals surface area contributed by atoms with E-state index in [9.17, 15) is 0 Å². The Morgan fingerprint density at radius 1 is 1.29 bits per heavy atom. The van der Waals surface area contributed by atoms with Crippen LogP contribution in [-0.2, 0) is 13.1 Å². The van der Waals surface area contributed by atoms with Gasteiger partial charge in [0.15, 0.2) is 11.1 Å². The Bertz CT molecular complexity index is 711. The summed E-state index contributed by atoms with van der Waals surface area (Å²) < 4.78 is 0. The predicted molar refractivity (Wildman–Crippen MR) is 99.3 cm³/mol. The van der Waals surface area contributed by atoms with Gasteiger partial charge in [-0.25, -0.2) is 9.98 Å². The average molecular weight is 342 g/mol. The maximum absolute atomic E-state index is 8.83. The quantitative estimate of drug-likeness (QED) is 0.622. The Labute approximate surface area is 146 Å². The summed E-state index contributed by atoms with van der Waals surface area (Å²) in [6.07, 6.45) is 0. The van der Waals surface area contributed by atoms with Crippen LogP contribution < -0.4 is 15.5 Å². The molecule has 2 rings (SSSR count). The van der Waals surface area contributed by atoms with Gasteiger partial charge in [0.1, 0.15) is 0 Å². The van der Waals surface area contributed by atoms with Gasteiger partial charge in [0.05, 0.1) is 30.4 Å². The molecule has 1 aromatic carbocycles. The van der Waals surface area contributed by atoms with Crippen LogP contribution in [0, 0.1) is 11.3 Å². The number of guanidine groups is 1. The van der Waals surface area contributed by atoms with Crippen molar-refractivity contribution >= 4 is 22.4 Å². The summed E-state index contributed by atoms with van der Waals surface area (Å²) in [5.41, 5.74) is 2.72. The normalized spacial score (nSPS) is 11.0. The van der Waals surface area contributed by atoms with Crippen LogP contribution in [0.25, 0.3) is 0 Å². The molecule has 7 heteroatoms. The van der Waals surface area contributed by atoms with Gasteiger partial charge in [-0.3, -0.25) is 0 Å². The van der Waals surface area contributed by atoms with Gasteiger partial charge in [0, 0.05) is 26.0 Å². The number of rotatable bonds is 6. The minimum absolute atomic E-state index is 0.557. The van der Waals surface area contributed by atoms with Crippen molar-refractivity contribution in [2.24, 2.45) is 4.99 Å². The van der Waals surface area contributed by atoms with E-state index >= 15 is 0 Å². The highest BCUT2D eigenvalue weighted by atomic mass is 32.1. The van der Waals surface area contributed by atoms with Gasteiger partial charge in [-0.2, -0.15) is 5.26 Å². The maximum atomic E-state index is 8.83. The van der Waals surface area contributed by atoms with E-state index < -0.39 is 0 Å².